The van der Waals surface area contributed by atoms with E-state index in [1.165, 1.54) is 5.69 Å². The van der Waals surface area contributed by atoms with Crippen LogP contribution in [-0.2, 0) is 0 Å². The van der Waals surface area contributed by atoms with Gasteiger partial charge in [0, 0.05) is 19.1 Å². The first-order chi connectivity index (χ1) is 8.16. The molecule has 2 aromatic heterocycles. The van der Waals surface area contributed by atoms with Gasteiger partial charge in [0.2, 0.25) is 0 Å². The molecule has 18 heavy (non-hydrogen) atoms. The standard InChI is InChI=1S/C10H10BrN2.ClHO4/c1-7-5-8(2)13-6-9(11)3-4-10(13)12-7;2-1(3,4)5/h3-6H,1-2H3;(H,2,3,4,5)/q+1;. The summed E-state index contributed by atoms with van der Waals surface area (Å²) >= 11 is 3.44. The summed E-state index contributed by atoms with van der Waals surface area (Å²) < 4.78 is 35.9. The molecule has 0 spiro atoms. The molecule has 6 nitrogen and oxygen atoms in total. The summed E-state index contributed by atoms with van der Waals surface area (Å²) in [6.45, 7) is 4.09. The number of hydrogen-bond acceptors (Lipinski definition) is 5. The van der Waals surface area contributed by atoms with Crippen LogP contribution in [0.3, 0.4) is 0 Å². The highest BCUT2D eigenvalue weighted by Gasteiger charge is 2.08. The molecule has 2 aromatic rings. The summed E-state index contributed by atoms with van der Waals surface area (Å²) in [5.74, 6) is 0. The van der Waals surface area contributed by atoms with Gasteiger partial charge < -0.3 is 0 Å². The molecule has 1 N–H and O–H groups in total. The number of fused-ring (bicyclic) bond motifs is 1. The quantitative estimate of drug-likeness (QED) is 0.563. The van der Waals surface area contributed by atoms with Gasteiger partial charge in [0.1, 0.15) is 11.9 Å². The van der Waals surface area contributed by atoms with Crippen LogP contribution in [0.15, 0.2) is 28.9 Å². The van der Waals surface area contributed by atoms with E-state index in [-0.39, 0.29) is 0 Å². The Balaban J connectivity index is 0.000000280. The van der Waals surface area contributed by atoms with Crippen molar-refractivity contribution in [1.29, 1.82) is 0 Å². The molecule has 98 valence electrons. The minimum atomic E-state index is -4.69. The number of aromatic nitrogens is 2. The zero-order valence-corrected chi connectivity index (χ0v) is 12.0. The van der Waals surface area contributed by atoms with E-state index in [1.54, 1.807) is 0 Å². The smallest absolute Gasteiger partial charge is 0.199 e. The van der Waals surface area contributed by atoms with Gasteiger partial charge in [0.25, 0.3) is 0 Å². The molecule has 0 aliphatic heterocycles. The van der Waals surface area contributed by atoms with Crippen molar-refractivity contribution in [2.24, 2.45) is 0 Å². The number of rotatable bonds is 0. The second-order valence-corrected chi connectivity index (χ2v) is 5.22. The molecular formula is C10H11BrClN2O4+. The van der Waals surface area contributed by atoms with Crippen LogP contribution in [-0.4, -0.2) is 9.64 Å². The lowest BCUT2D eigenvalue weighted by molar-refractivity contribution is -1.92. The molecule has 8 heteroatoms. The number of nitrogens with zero attached hydrogens (tertiary/aromatic N) is 2. The molecule has 0 unspecified atom stereocenters. The third-order valence-corrected chi connectivity index (χ3v) is 2.45. The van der Waals surface area contributed by atoms with Crippen molar-refractivity contribution in [1.82, 2.24) is 4.98 Å². The largest absolute Gasteiger partial charge is 0.328 e. The molecule has 0 saturated heterocycles. The van der Waals surface area contributed by atoms with Gasteiger partial charge in [-0.05, 0) is 33.9 Å². The highest BCUT2D eigenvalue weighted by molar-refractivity contribution is 9.10. The number of halogens is 2. The van der Waals surface area contributed by atoms with Crippen LogP contribution in [0, 0.1) is 24.1 Å². The molecule has 2 rings (SSSR count). The third-order valence-electron chi connectivity index (χ3n) is 1.98. The van der Waals surface area contributed by atoms with Crippen molar-refractivity contribution in [2.45, 2.75) is 13.8 Å². The zero-order chi connectivity index (χ0) is 13.9. The van der Waals surface area contributed by atoms with E-state index < -0.39 is 10.2 Å². The molecule has 0 aromatic carbocycles. The SMILES string of the molecule is Cc1cc(C)[n+]2cc(Br)ccc2n1.[O-][Cl+3]([O-])([O-])O. The number of hydrogen-bond donors (Lipinski definition) is 1. The summed E-state index contributed by atoms with van der Waals surface area (Å²) in [7, 11) is -4.69. The van der Waals surface area contributed by atoms with E-state index in [4.69, 9.17) is 18.6 Å². The molecule has 0 aliphatic carbocycles. The molecule has 0 aliphatic rings. The number of aryl methyl sites for hydroxylation is 2. The van der Waals surface area contributed by atoms with Crippen LogP contribution in [0.4, 0.5) is 0 Å². The van der Waals surface area contributed by atoms with Crippen LogP contribution in [0.5, 0.6) is 0 Å². The van der Waals surface area contributed by atoms with Crippen molar-refractivity contribution in [3.8, 4) is 0 Å². The Labute approximate surface area is 114 Å². The summed E-state index contributed by atoms with van der Waals surface area (Å²) in [4.78, 5) is 4.42. The second-order valence-electron chi connectivity index (χ2n) is 3.51. The number of pyridine rings is 1. The Kier molecular flexibility index (Phi) is 4.97. The Morgan fingerprint density at radius 2 is 1.83 bits per heavy atom. The van der Waals surface area contributed by atoms with Gasteiger partial charge in [-0.3, -0.25) is 0 Å². The van der Waals surface area contributed by atoms with E-state index in [0.29, 0.717) is 0 Å². The van der Waals surface area contributed by atoms with Crippen molar-refractivity contribution < 1.29 is 33.3 Å². The van der Waals surface area contributed by atoms with Gasteiger partial charge >= 0.3 is 5.65 Å². The third kappa shape index (κ3) is 5.21. The van der Waals surface area contributed by atoms with Crippen molar-refractivity contribution in [2.75, 3.05) is 0 Å². The van der Waals surface area contributed by atoms with Crippen LogP contribution in [0.1, 0.15) is 11.4 Å². The lowest BCUT2D eigenvalue weighted by Gasteiger charge is -2.03. The monoisotopic (exact) mass is 337 g/mol. The fraction of sp³-hybridized carbons (Fsp3) is 0.200. The molecule has 0 amide bonds. The van der Waals surface area contributed by atoms with Gasteiger partial charge in [-0.15, -0.1) is 0 Å². The van der Waals surface area contributed by atoms with Crippen molar-refractivity contribution >= 4 is 21.6 Å². The second kappa shape index (κ2) is 5.87. The fourth-order valence-electron chi connectivity index (χ4n) is 1.43. The van der Waals surface area contributed by atoms with E-state index in [2.05, 4.69) is 38.3 Å². The van der Waals surface area contributed by atoms with Gasteiger partial charge in [0.05, 0.1) is 19.4 Å². The molecule has 0 saturated carbocycles. The van der Waals surface area contributed by atoms with Gasteiger partial charge in [0.15, 0.2) is 5.69 Å². The summed E-state index contributed by atoms with van der Waals surface area (Å²) in [6, 6.07) is 6.07. The molecule has 0 atom stereocenters. The first-order valence-electron chi connectivity index (χ1n) is 4.75. The highest BCUT2D eigenvalue weighted by Crippen LogP contribution is 2.07. The van der Waals surface area contributed by atoms with E-state index in [0.717, 1.165) is 15.8 Å². The maximum Gasteiger partial charge on any atom is 0.328 e. The maximum atomic E-state index is 8.60. The van der Waals surface area contributed by atoms with Crippen molar-refractivity contribution in [3.05, 3.63) is 40.3 Å². The fourth-order valence-corrected chi connectivity index (χ4v) is 1.76. The molecule has 0 bridgehead atoms. The van der Waals surface area contributed by atoms with Gasteiger partial charge in [-0.2, -0.15) is 18.4 Å². The molecular weight excluding hydrogens is 327 g/mol. The topological polar surface area (TPSA) is 106 Å². The zero-order valence-electron chi connectivity index (χ0n) is 9.63. The normalized spacial score (nSPS) is 11.1. The van der Waals surface area contributed by atoms with Crippen molar-refractivity contribution in [3.63, 3.8) is 0 Å². The van der Waals surface area contributed by atoms with E-state index >= 15 is 0 Å². The summed E-state index contributed by atoms with van der Waals surface area (Å²) in [5, 5.41) is 0. The lowest BCUT2D eigenvalue weighted by Crippen LogP contribution is -2.58. The van der Waals surface area contributed by atoms with E-state index in [1.807, 2.05) is 25.3 Å². The predicted octanol–water partition coefficient (Wildman–Crippen LogP) is -1.92. The molecule has 0 radical (unpaired) electrons. The average Bonchev–Trinajstić information content (AvgIpc) is 2.16. The molecule has 2 heterocycles. The average molecular weight is 339 g/mol. The Hall–Kier alpha value is -0.830. The van der Waals surface area contributed by atoms with Crippen LogP contribution in [0.25, 0.3) is 5.65 Å². The Morgan fingerprint density at radius 1 is 1.28 bits per heavy atom. The summed E-state index contributed by atoms with van der Waals surface area (Å²) in [6.07, 6.45) is 2.02. The van der Waals surface area contributed by atoms with E-state index in [9.17, 15) is 0 Å². The first kappa shape index (κ1) is 15.2. The van der Waals surface area contributed by atoms with Crippen LogP contribution >= 0.6 is 15.9 Å². The Morgan fingerprint density at radius 3 is 2.39 bits per heavy atom. The minimum Gasteiger partial charge on any atom is -0.199 e. The van der Waals surface area contributed by atoms with Gasteiger partial charge in [-0.1, -0.05) is 0 Å². The minimum absolute atomic E-state index is 0.987. The van der Waals surface area contributed by atoms with Gasteiger partial charge in [-0.25, -0.2) is 0 Å². The summed E-state index contributed by atoms with van der Waals surface area (Å²) in [5.41, 5.74) is 3.24. The van der Waals surface area contributed by atoms with Crippen LogP contribution < -0.4 is 18.4 Å². The highest BCUT2D eigenvalue weighted by atomic mass is 79.9. The first-order valence-corrected chi connectivity index (χ1v) is 6.81. The predicted molar refractivity (Wildman–Crippen MR) is 56.8 cm³/mol. The Bertz CT molecular complexity index is 553. The maximum absolute atomic E-state index is 8.60. The lowest BCUT2D eigenvalue weighted by atomic mass is 10.3. The van der Waals surface area contributed by atoms with Crippen LogP contribution in [0.2, 0.25) is 0 Å². The molecule has 0 fully saturated rings.